The molecule has 1 fully saturated rings. The van der Waals surface area contributed by atoms with Crippen LogP contribution in [0.1, 0.15) is 131 Å². The van der Waals surface area contributed by atoms with Gasteiger partial charge in [0, 0.05) is 43.1 Å². The third-order valence-electron chi connectivity index (χ3n) is 10.4. The Bertz CT molecular complexity index is 946. The van der Waals surface area contributed by atoms with Gasteiger partial charge in [-0.1, -0.05) is 94.1 Å². The van der Waals surface area contributed by atoms with E-state index in [4.69, 9.17) is 0 Å². The van der Waals surface area contributed by atoms with Gasteiger partial charge in [-0.25, -0.2) is 15.4 Å². The average molecular weight is 585 g/mol. The van der Waals surface area contributed by atoms with E-state index in [0.717, 1.165) is 68.7 Å². The van der Waals surface area contributed by atoms with Crippen LogP contribution in [0.4, 0.5) is 0 Å². The van der Waals surface area contributed by atoms with Gasteiger partial charge in [0.25, 0.3) is 0 Å². The summed E-state index contributed by atoms with van der Waals surface area (Å²) in [7, 11) is 1.96. The van der Waals surface area contributed by atoms with Crippen molar-refractivity contribution in [3.63, 3.8) is 0 Å². The highest BCUT2D eigenvalue weighted by molar-refractivity contribution is 5.82. The number of carbonyl (C=O) groups is 1. The summed E-state index contributed by atoms with van der Waals surface area (Å²) < 4.78 is 0. The fraction of sp³-hybridized carbons (Fsp3) is 0.800. The highest BCUT2D eigenvalue weighted by Crippen LogP contribution is 2.39. The molecule has 3 atom stereocenters. The van der Waals surface area contributed by atoms with Gasteiger partial charge in [-0.2, -0.15) is 0 Å². The molecule has 1 saturated heterocycles. The predicted octanol–water partition coefficient (Wildman–Crippen LogP) is 7.17. The molecule has 2 N–H and O–H groups in total. The Kier molecular flexibility index (Phi) is 14.4. The van der Waals surface area contributed by atoms with Gasteiger partial charge in [0.15, 0.2) is 0 Å². The van der Waals surface area contributed by atoms with E-state index in [-0.39, 0.29) is 35.4 Å². The highest BCUT2D eigenvalue weighted by atomic mass is 16.2. The van der Waals surface area contributed by atoms with Crippen LogP contribution in [0.2, 0.25) is 0 Å². The Labute approximate surface area is 258 Å². The van der Waals surface area contributed by atoms with Crippen molar-refractivity contribution < 1.29 is 4.79 Å². The van der Waals surface area contributed by atoms with E-state index in [1.165, 1.54) is 25.7 Å². The Morgan fingerprint density at radius 2 is 1.74 bits per heavy atom. The molecule has 1 amide bonds. The molecule has 1 aliphatic heterocycles. The quantitative estimate of drug-likeness (QED) is 0.168. The number of unbranched alkanes of at least 4 members (excludes halogenated alkanes) is 1. The summed E-state index contributed by atoms with van der Waals surface area (Å²) >= 11 is 0. The van der Waals surface area contributed by atoms with Crippen molar-refractivity contribution in [1.82, 2.24) is 30.6 Å². The summed E-state index contributed by atoms with van der Waals surface area (Å²) in [5, 5.41) is 5.68. The largest absolute Gasteiger partial charge is 0.346 e. The van der Waals surface area contributed by atoms with Gasteiger partial charge in [-0.05, 0) is 62.5 Å². The maximum absolute atomic E-state index is 14.3. The molecule has 240 valence electrons. The van der Waals surface area contributed by atoms with E-state index >= 15 is 0 Å². The molecule has 0 radical (unpaired) electrons. The highest BCUT2D eigenvalue weighted by Gasteiger charge is 2.45. The number of aryl methyl sites for hydroxylation is 1. The van der Waals surface area contributed by atoms with Crippen molar-refractivity contribution in [2.24, 2.45) is 11.3 Å². The van der Waals surface area contributed by atoms with Crippen LogP contribution in [0, 0.1) is 18.3 Å². The maximum Gasteiger partial charge on any atom is 0.238 e. The van der Waals surface area contributed by atoms with Crippen LogP contribution in [-0.2, 0) is 10.2 Å². The van der Waals surface area contributed by atoms with Crippen molar-refractivity contribution >= 4 is 5.91 Å². The number of amides is 1. The van der Waals surface area contributed by atoms with Gasteiger partial charge in [0.1, 0.15) is 5.82 Å². The SMILES string of the molecule is C=C(C(CCCC(CC)(CC)CC)NC(=O)C(C(C)C)N1CCC[C@@H]1C(C)(C)c1cnc(C)nc1)N(CCCC)NC. The van der Waals surface area contributed by atoms with E-state index in [9.17, 15) is 4.79 Å². The van der Waals surface area contributed by atoms with Crippen LogP contribution in [0.5, 0.6) is 0 Å². The first-order valence-electron chi connectivity index (χ1n) is 16.9. The lowest BCUT2D eigenvalue weighted by Crippen LogP contribution is -2.58. The van der Waals surface area contributed by atoms with Crippen molar-refractivity contribution in [3.8, 4) is 0 Å². The molecule has 2 unspecified atom stereocenters. The van der Waals surface area contributed by atoms with Crippen LogP contribution in [0.15, 0.2) is 24.7 Å². The molecular weight excluding hydrogens is 520 g/mol. The number of rotatable bonds is 19. The van der Waals surface area contributed by atoms with Crippen molar-refractivity contribution in [1.29, 1.82) is 0 Å². The number of aromatic nitrogens is 2. The molecule has 1 aliphatic rings. The maximum atomic E-state index is 14.3. The lowest BCUT2D eigenvalue weighted by molar-refractivity contribution is -0.129. The Balaban J connectivity index is 2.32. The van der Waals surface area contributed by atoms with E-state index in [2.05, 4.69) is 92.6 Å². The van der Waals surface area contributed by atoms with Gasteiger partial charge in [-0.3, -0.25) is 9.69 Å². The molecule has 0 aromatic carbocycles. The Morgan fingerprint density at radius 1 is 1.12 bits per heavy atom. The molecule has 2 rings (SSSR count). The fourth-order valence-corrected chi connectivity index (χ4v) is 7.10. The molecule has 7 heteroatoms. The standard InChI is InChI=1S/C35H64N6O/c1-12-16-23-41(36-11)27(7)30(19-17-21-35(13-2,14-3)15-4)39-33(42)32(26(5)6)40-22-18-20-31(40)34(9,10)29-24-37-28(8)38-25-29/h24-26,30-32,36H,7,12-23H2,1-6,8-11H3,(H,39,42)/t30?,31-,32?/m1/s1. The number of nitrogens with zero attached hydrogens (tertiary/aromatic N) is 4. The molecule has 0 saturated carbocycles. The van der Waals surface area contributed by atoms with E-state index in [0.29, 0.717) is 5.41 Å². The summed E-state index contributed by atoms with van der Waals surface area (Å²) in [5.41, 5.74) is 5.65. The molecule has 2 heterocycles. The zero-order chi connectivity index (χ0) is 31.5. The monoisotopic (exact) mass is 585 g/mol. The van der Waals surface area contributed by atoms with Gasteiger partial charge in [-0.15, -0.1) is 0 Å². The van der Waals surface area contributed by atoms with Gasteiger partial charge < -0.3 is 10.3 Å². The van der Waals surface area contributed by atoms with Gasteiger partial charge in [0.2, 0.25) is 5.91 Å². The number of nitrogens with one attached hydrogen (secondary N) is 2. The van der Waals surface area contributed by atoms with Crippen LogP contribution in [0.25, 0.3) is 0 Å². The van der Waals surface area contributed by atoms with Crippen molar-refractivity contribution in [2.45, 2.75) is 150 Å². The van der Waals surface area contributed by atoms with E-state index < -0.39 is 0 Å². The Morgan fingerprint density at radius 3 is 2.26 bits per heavy atom. The molecular formula is C35H64N6O. The molecule has 0 spiro atoms. The first kappa shape index (κ1) is 36.2. The summed E-state index contributed by atoms with van der Waals surface area (Å²) in [6, 6.07) is -0.0785. The topological polar surface area (TPSA) is 73.4 Å². The minimum absolute atomic E-state index is 0.106. The van der Waals surface area contributed by atoms with Gasteiger partial charge in [0.05, 0.1) is 12.1 Å². The summed E-state index contributed by atoms with van der Waals surface area (Å²) in [6.07, 6.45) is 15.0. The normalized spacial score (nSPS) is 17.8. The van der Waals surface area contributed by atoms with Crippen LogP contribution in [0.3, 0.4) is 0 Å². The fourth-order valence-electron chi connectivity index (χ4n) is 7.10. The Hall–Kier alpha value is -1.99. The molecule has 42 heavy (non-hydrogen) atoms. The second kappa shape index (κ2) is 16.7. The minimum atomic E-state index is -0.210. The van der Waals surface area contributed by atoms with E-state index in [1.54, 1.807) is 0 Å². The van der Waals surface area contributed by atoms with E-state index in [1.807, 2.05) is 26.4 Å². The van der Waals surface area contributed by atoms with Crippen LogP contribution < -0.4 is 10.7 Å². The molecule has 7 nitrogen and oxygen atoms in total. The summed E-state index contributed by atoms with van der Waals surface area (Å²) in [6.45, 7) is 26.4. The first-order chi connectivity index (χ1) is 19.9. The molecule has 0 aliphatic carbocycles. The zero-order valence-corrected chi connectivity index (χ0v) is 28.9. The summed E-state index contributed by atoms with van der Waals surface area (Å²) in [5.74, 6) is 1.09. The van der Waals surface area contributed by atoms with Crippen molar-refractivity contribution in [2.75, 3.05) is 20.1 Å². The first-order valence-corrected chi connectivity index (χ1v) is 16.9. The molecule has 1 aromatic rings. The minimum Gasteiger partial charge on any atom is -0.346 e. The van der Waals surface area contributed by atoms with Crippen LogP contribution >= 0.6 is 0 Å². The average Bonchev–Trinajstić information content (AvgIpc) is 3.45. The number of hydrogen-bond donors (Lipinski definition) is 2. The molecule has 0 bridgehead atoms. The van der Waals surface area contributed by atoms with Crippen molar-refractivity contribution in [3.05, 3.63) is 36.1 Å². The zero-order valence-electron chi connectivity index (χ0n) is 28.9. The summed E-state index contributed by atoms with van der Waals surface area (Å²) in [4.78, 5) is 25.8. The third-order valence-corrected chi connectivity index (χ3v) is 10.4. The number of hydrogen-bond acceptors (Lipinski definition) is 6. The smallest absolute Gasteiger partial charge is 0.238 e. The number of carbonyl (C=O) groups excluding carboxylic acids is 1. The lowest BCUT2D eigenvalue weighted by atomic mass is 9.75. The molecule has 1 aromatic heterocycles. The number of likely N-dealkylation sites (tertiary alicyclic amines) is 1. The third kappa shape index (κ3) is 9.01. The second-order valence-electron chi connectivity index (χ2n) is 13.6. The number of hydrazine groups is 1. The van der Waals surface area contributed by atoms with Gasteiger partial charge >= 0.3 is 0 Å². The predicted molar refractivity (Wildman–Crippen MR) is 177 cm³/mol. The lowest BCUT2D eigenvalue weighted by Gasteiger charge is -2.43. The van der Waals surface area contributed by atoms with Crippen LogP contribution in [-0.4, -0.2) is 64.0 Å². The second-order valence-corrected chi connectivity index (χ2v) is 13.6.